The molecule has 76 valence electrons. The van der Waals surface area contributed by atoms with Gasteiger partial charge in [-0.2, -0.15) is 5.10 Å². The Hall–Kier alpha value is -1.23. The third-order valence-electron chi connectivity index (χ3n) is 2.67. The van der Waals surface area contributed by atoms with Crippen molar-refractivity contribution in [2.24, 2.45) is 0 Å². The predicted octanol–water partition coefficient (Wildman–Crippen LogP) is 2.10. The topological polar surface area (TPSA) is 47.8 Å². The molecule has 1 aliphatic carbocycles. The minimum absolute atomic E-state index is 0.212. The Labute approximate surface area is 94.4 Å². The van der Waals surface area contributed by atoms with Crippen LogP contribution in [0.4, 0.5) is 0 Å². The summed E-state index contributed by atoms with van der Waals surface area (Å²) in [5, 5.41) is 5.28. The molecule has 1 fully saturated rings. The van der Waals surface area contributed by atoms with E-state index in [1.165, 1.54) is 0 Å². The predicted molar refractivity (Wildman–Crippen MR) is 58.5 cm³/mol. The molecule has 3 rings (SSSR count). The van der Waals surface area contributed by atoms with E-state index < -0.39 is 0 Å². The lowest BCUT2D eigenvalue weighted by Crippen LogP contribution is -2.27. The van der Waals surface area contributed by atoms with E-state index in [1.807, 2.05) is 10.7 Å². The molecular formula is C10H8BrN3O. The van der Waals surface area contributed by atoms with E-state index >= 15 is 0 Å². The number of Topliss-reactive ketones (excluding diaryl/α,β-unsaturated/α-hetero) is 1. The second-order valence-electron chi connectivity index (χ2n) is 3.76. The fourth-order valence-electron chi connectivity index (χ4n) is 1.82. The molecule has 5 heteroatoms. The maximum atomic E-state index is 10.9. The Morgan fingerprint density at radius 1 is 1.40 bits per heavy atom. The van der Waals surface area contributed by atoms with E-state index in [-0.39, 0.29) is 6.04 Å². The number of pyridine rings is 1. The summed E-state index contributed by atoms with van der Waals surface area (Å²) in [7, 11) is 0. The SMILES string of the molecule is O=C1CC(n2ncc3cc(Br)cnc32)C1. The van der Waals surface area contributed by atoms with Crippen LogP contribution in [-0.4, -0.2) is 20.5 Å². The Kier molecular flexibility index (Phi) is 1.88. The van der Waals surface area contributed by atoms with Crippen molar-refractivity contribution in [3.05, 3.63) is 22.9 Å². The van der Waals surface area contributed by atoms with Gasteiger partial charge in [0.1, 0.15) is 5.78 Å². The zero-order valence-corrected chi connectivity index (χ0v) is 9.44. The second kappa shape index (κ2) is 3.13. The molecule has 1 saturated carbocycles. The van der Waals surface area contributed by atoms with Crippen molar-refractivity contribution in [3.63, 3.8) is 0 Å². The lowest BCUT2D eigenvalue weighted by atomic mass is 9.91. The van der Waals surface area contributed by atoms with Gasteiger partial charge in [-0.25, -0.2) is 9.67 Å². The highest BCUT2D eigenvalue weighted by molar-refractivity contribution is 9.10. The zero-order valence-electron chi connectivity index (χ0n) is 7.85. The third-order valence-corrected chi connectivity index (χ3v) is 3.11. The molecule has 0 N–H and O–H groups in total. The maximum absolute atomic E-state index is 10.9. The van der Waals surface area contributed by atoms with Crippen LogP contribution in [0.25, 0.3) is 11.0 Å². The largest absolute Gasteiger partial charge is 0.300 e. The van der Waals surface area contributed by atoms with Gasteiger partial charge in [0.2, 0.25) is 0 Å². The van der Waals surface area contributed by atoms with E-state index in [0.29, 0.717) is 18.6 Å². The summed E-state index contributed by atoms with van der Waals surface area (Å²) >= 11 is 3.37. The number of hydrogen-bond donors (Lipinski definition) is 0. The average molecular weight is 266 g/mol. The van der Waals surface area contributed by atoms with Crippen molar-refractivity contribution in [2.75, 3.05) is 0 Å². The molecule has 0 bridgehead atoms. The quantitative estimate of drug-likeness (QED) is 0.794. The van der Waals surface area contributed by atoms with Gasteiger partial charge in [-0.05, 0) is 22.0 Å². The molecule has 0 aliphatic heterocycles. The summed E-state index contributed by atoms with van der Waals surface area (Å²) in [6, 6.07) is 2.19. The Balaban J connectivity index is 2.08. The summed E-state index contributed by atoms with van der Waals surface area (Å²) in [6.07, 6.45) is 4.72. The van der Waals surface area contributed by atoms with Crippen LogP contribution in [0.1, 0.15) is 18.9 Å². The molecule has 0 spiro atoms. The fourth-order valence-corrected chi connectivity index (χ4v) is 2.17. The van der Waals surface area contributed by atoms with Gasteiger partial charge < -0.3 is 0 Å². The zero-order chi connectivity index (χ0) is 10.4. The molecule has 0 unspecified atom stereocenters. The summed E-state index contributed by atoms with van der Waals surface area (Å²) in [4.78, 5) is 15.2. The van der Waals surface area contributed by atoms with E-state index in [1.54, 1.807) is 12.4 Å². The molecule has 0 saturated heterocycles. The van der Waals surface area contributed by atoms with E-state index in [0.717, 1.165) is 15.5 Å². The molecule has 0 aromatic carbocycles. The first-order valence-corrected chi connectivity index (χ1v) is 5.54. The van der Waals surface area contributed by atoms with Crippen molar-refractivity contribution in [3.8, 4) is 0 Å². The van der Waals surface area contributed by atoms with Gasteiger partial charge in [0.15, 0.2) is 5.65 Å². The van der Waals surface area contributed by atoms with Crippen LogP contribution in [0.3, 0.4) is 0 Å². The second-order valence-corrected chi connectivity index (χ2v) is 4.67. The molecule has 2 aromatic rings. The van der Waals surface area contributed by atoms with Crippen molar-refractivity contribution < 1.29 is 4.79 Å². The number of halogens is 1. The normalized spacial score (nSPS) is 17.0. The van der Waals surface area contributed by atoms with Crippen molar-refractivity contribution in [1.29, 1.82) is 0 Å². The highest BCUT2D eigenvalue weighted by Crippen LogP contribution is 2.30. The van der Waals surface area contributed by atoms with Gasteiger partial charge in [-0.3, -0.25) is 4.79 Å². The first kappa shape index (κ1) is 9.03. The Bertz CT molecular complexity index is 541. The van der Waals surface area contributed by atoms with E-state index in [4.69, 9.17) is 0 Å². The monoisotopic (exact) mass is 265 g/mol. The highest BCUT2D eigenvalue weighted by atomic mass is 79.9. The van der Waals surface area contributed by atoms with Crippen LogP contribution in [0.15, 0.2) is 22.9 Å². The van der Waals surface area contributed by atoms with Crippen LogP contribution in [0, 0.1) is 0 Å². The number of carbonyl (C=O) groups excluding carboxylic acids is 1. The summed E-state index contributed by atoms with van der Waals surface area (Å²) in [5.41, 5.74) is 0.857. The average Bonchev–Trinajstić information content (AvgIpc) is 2.55. The third kappa shape index (κ3) is 1.38. The minimum atomic E-state index is 0.212. The summed E-state index contributed by atoms with van der Waals surface area (Å²) < 4.78 is 2.79. The standard InChI is InChI=1S/C10H8BrN3O/c11-7-1-6-4-13-14(10(6)12-5-7)8-2-9(15)3-8/h1,4-5,8H,2-3H2. The lowest BCUT2D eigenvalue weighted by molar-refractivity contribution is -0.126. The van der Waals surface area contributed by atoms with Crippen LogP contribution in [0.5, 0.6) is 0 Å². The lowest BCUT2D eigenvalue weighted by Gasteiger charge is -2.24. The van der Waals surface area contributed by atoms with Crippen molar-refractivity contribution in [1.82, 2.24) is 14.8 Å². The van der Waals surface area contributed by atoms with Gasteiger partial charge in [0, 0.05) is 28.9 Å². The van der Waals surface area contributed by atoms with Gasteiger partial charge in [-0.1, -0.05) is 0 Å². The van der Waals surface area contributed by atoms with Gasteiger partial charge in [0.25, 0.3) is 0 Å². The molecular weight excluding hydrogens is 258 g/mol. The molecule has 0 radical (unpaired) electrons. The van der Waals surface area contributed by atoms with Gasteiger partial charge in [0.05, 0.1) is 12.2 Å². The van der Waals surface area contributed by atoms with Crippen LogP contribution in [-0.2, 0) is 4.79 Å². The minimum Gasteiger partial charge on any atom is -0.300 e. The molecule has 1 aliphatic rings. The molecule has 0 amide bonds. The Morgan fingerprint density at radius 3 is 2.93 bits per heavy atom. The summed E-state index contributed by atoms with van der Waals surface area (Å²) in [5.74, 6) is 0.306. The highest BCUT2D eigenvalue weighted by Gasteiger charge is 2.29. The number of aromatic nitrogens is 3. The number of rotatable bonds is 1. The molecule has 4 nitrogen and oxygen atoms in total. The van der Waals surface area contributed by atoms with E-state index in [2.05, 4.69) is 26.0 Å². The first-order chi connectivity index (χ1) is 7.24. The summed E-state index contributed by atoms with van der Waals surface area (Å²) in [6.45, 7) is 0. The number of hydrogen-bond acceptors (Lipinski definition) is 3. The molecule has 0 atom stereocenters. The number of nitrogens with zero attached hydrogens (tertiary/aromatic N) is 3. The number of carbonyl (C=O) groups is 1. The molecule has 15 heavy (non-hydrogen) atoms. The van der Waals surface area contributed by atoms with Crippen LogP contribution >= 0.6 is 15.9 Å². The van der Waals surface area contributed by atoms with Crippen molar-refractivity contribution >= 4 is 32.7 Å². The maximum Gasteiger partial charge on any atom is 0.158 e. The number of ketones is 1. The van der Waals surface area contributed by atoms with Gasteiger partial charge >= 0.3 is 0 Å². The molecule has 2 aromatic heterocycles. The van der Waals surface area contributed by atoms with Crippen LogP contribution in [0.2, 0.25) is 0 Å². The van der Waals surface area contributed by atoms with Crippen molar-refractivity contribution in [2.45, 2.75) is 18.9 Å². The smallest absolute Gasteiger partial charge is 0.158 e. The van der Waals surface area contributed by atoms with E-state index in [9.17, 15) is 4.79 Å². The molecule has 2 heterocycles. The number of fused-ring (bicyclic) bond motifs is 1. The first-order valence-electron chi connectivity index (χ1n) is 4.74. The van der Waals surface area contributed by atoms with Crippen LogP contribution < -0.4 is 0 Å². The fraction of sp³-hybridized carbons (Fsp3) is 0.300. The van der Waals surface area contributed by atoms with Gasteiger partial charge in [-0.15, -0.1) is 0 Å². The Morgan fingerprint density at radius 2 is 2.20 bits per heavy atom.